The van der Waals surface area contributed by atoms with E-state index in [-0.39, 0.29) is 44.8 Å². The van der Waals surface area contributed by atoms with Gasteiger partial charge in [0, 0.05) is 51.2 Å². The van der Waals surface area contributed by atoms with Gasteiger partial charge in [0.2, 0.25) is 0 Å². The predicted molar refractivity (Wildman–Crippen MR) is 107 cm³/mol. The third-order valence-corrected chi connectivity index (χ3v) is 4.70. The number of hydrogen-bond donors (Lipinski definition) is 0. The maximum atomic E-state index is 11.7. The van der Waals surface area contributed by atoms with Crippen molar-refractivity contribution >= 4 is 11.9 Å². The molecular formula is C23H36Ag2O3. The van der Waals surface area contributed by atoms with Crippen LogP contribution < -0.4 is 0 Å². The van der Waals surface area contributed by atoms with Crippen molar-refractivity contribution in [2.75, 3.05) is 0 Å². The van der Waals surface area contributed by atoms with Gasteiger partial charge in [-0.15, -0.1) is 0 Å². The first-order valence-corrected chi connectivity index (χ1v) is 10.5. The number of carbonyl (C=O) groups is 2. The van der Waals surface area contributed by atoms with E-state index in [4.69, 9.17) is 4.74 Å². The summed E-state index contributed by atoms with van der Waals surface area (Å²) < 4.78 is 4.87. The Kier molecular flexibility index (Phi) is 23.1. The summed E-state index contributed by atoms with van der Waals surface area (Å²) >= 11 is 0. The second-order valence-electron chi connectivity index (χ2n) is 7.12. The quantitative estimate of drug-likeness (QED) is 0.0994. The normalized spacial score (nSPS) is 9.89. The van der Waals surface area contributed by atoms with E-state index < -0.39 is 11.9 Å². The molecule has 0 saturated carbocycles. The molecule has 168 valence electrons. The Labute approximate surface area is 202 Å². The first-order chi connectivity index (χ1) is 12.7. The summed E-state index contributed by atoms with van der Waals surface area (Å²) in [5.74, 6) is -0.966. The Hall–Kier alpha value is -0.159. The van der Waals surface area contributed by atoms with E-state index in [0.717, 1.165) is 19.3 Å². The van der Waals surface area contributed by atoms with E-state index >= 15 is 0 Å². The topological polar surface area (TPSA) is 43.4 Å². The van der Waals surface area contributed by atoms with Crippen LogP contribution in [0.2, 0.25) is 0 Å². The van der Waals surface area contributed by atoms with Gasteiger partial charge in [0.1, 0.15) is 0 Å². The first-order valence-electron chi connectivity index (χ1n) is 10.5. The Morgan fingerprint density at radius 2 is 1.11 bits per heavy atom. The molecule has 0 amide bonds. The molecule has 5 heteroatoms. The van der Waals surface area contributed by atoms with Gasteiger partial charge in [0.15, 0.2) is 0 Å². The van der Waals surface area contributed by atoms with Crippen molar-refractivity contribution in [1.29, 1.82) is 0 Å². The molecule has 0 spiro atoms. The van der Waals surface area contributed by atoms with Crippen LogP contribution in [-0.2, 0) is 54.3 Å². The molecule has 1 rings (SSSR count). The molecule has 0 aromatic heterocycles. The van der Waals surface area contributed by atoms with E-state index in [1.54, 1.807) is 24.3 Å². The summed E-state index contributed by atoms with van der Waals surface area (Å²) in [6, 6.07) is 8.65. The van der Waals surface area contributed by atoms with Gasteiger partial charge >= 0.3 is 11.9 Å². The molecule has 2 radical (unpaired) electrons. The molecule has 0 saturated heterocycles. The van der Waals surface area contributed by atoms with Crippen LogP contribution in [-0.4, -0.2) is 11.9 Å². The third kappa shape index (κ3) is 16.8. The number of esters is 2. The largest absolute Gasteiger partial charge is 0.389 e. The van der Waals surface area contributed by atoms with E-state index in [2.05, 4.69) is 6.92 Å². The summed E-state index contributed by atoms with van der Waals surface area (Å²) in [5.41, 5.74) is 0.422. The van der Waals surface area contributed by atoms with Gasteiger partial charge in [-0.1, -0.05) is 102 Å². The van der Waals surface area contributed by atoms with Crippen molar-refractivity contribution in [2.45, 2.75) is 96.8 Å². The first kappa shape index (κ1) is 30.0. The number of benzene rings is 1. The van der Waals surface area contributed by atoms with Crippen LogP contribution in [0.4, 0.5) is 0 Å². The minimum Gasteiger partial charge on any atom is -0.389 e. The van der Waals surface area contributed by atoms with Crippen LogP contribution in [0, 0.1) is 0 Å². The second-order valence-corrected chi connectivity index (χ2v) is 7.12. The molecule has 0 aliphatic heterocycles. The standard InChI is InChI=1S/C23H36O3.2Ag/c1-2-3-4-5-6-7-8-9-10-11-12-13-17-20-22(24)26-23(25)21-18-15-14-16-19-21;;/h14-16,18-19H,2-13,17,20H2,1H3;;. The second kappa shape index (κ2) is 21.5. The number of carbonyl (C=O) groups excluding carboxylic acids is 2. The number of unbranched alkanes of at least 4 members (excludes halogenated alkanes) is 12. The van der Waals surface area contributed by atoms with E-state index in [0.29, 0.717) is 12.0 Å². The molecule has 0 bridgehead atoms. The monoisotopic (exact) mass is 574 g/mol. The molecule has 0 aliphatic carbocycles. The average Bonchev–Trinajstić information content (AvgIpc) is 2.66. The van der Waals surface area contributed by atoms with Crippen molar-refractivity contribution in [3.63, 3.8) is 0 Å². The molecule has 0 N–H and O–H groups in total. The van der Waals surface area contributed by atoms with Gasteiger partial charge in [0.25, 0.3) is 0 Å². The van der Waals surface area contributed by atoms with Gasteiger partial charge in [-0.3, -0.25) is 4.79 Å². The zero-order valence-corrected chi connectivity index (χ0v) is 20.1. The predicted octanol–water partition coefficient (Wildman–Crippen LogP) is 6.85. The molecule has 0 aliphatic rings. The van der Waals surface area contributed by atoms with E-state index in [9.17, 15) is 9.59 Å². The van der Waals surface area contributed by atoms with E-state index in [1.165, 1.54) is 64.2 Å². The smallest absolute Gasteiger partial charge is 0.345 e. The van der Waals surface area contributed by atoms with Crippen LogP contribution in [0.25, 0.3) is 0 Å². The van der Waals surface area contributed by atoms with Crippen LogP contribution in [0.3, 0.4) is 0 Å². The van der Waals surface area contributed by atoms with Crippen molar-refractivity contribution in [3.8, 4) is 0 Å². The van der Waals surface area contributed by atoms with Gasteiger partial charge < -0.3 is 4.74 Å². The molecule has 1 aromatic rings. The molecule has 0 fully saturated rings. The van der Waals surface area contributed by atoms with Crippen LogP contribution in [0.5, 0.6) is 0 Å². The molecule has 28 heavy (non-hydrogen) atoms. The zero-order valence-electron chi connectivity index (χ0n) is 17.1. The molecule has 3 nitrogen and oxygen atoms in total. The molecule has 0 heterocycles. The third-order valence-electron chi connectivity index (χ3n) is 4.70. The zero-order chi connectivity index (χ0) is 18.9. The maximum Gasteiger partial charge on any atom is 0.345 e. The minimum absolute atomic E-state index is 0. The Morgan fingerprint density at radius 1 is 0.679 bits per heavy atom. The van der Waals surface area contributed by atoms with Gasteiger partial charge in [-0.2, -0.15) is 0 Å². The summed E-state index contributed by atoms with van der Waals surface area (Å²) in [4.78, 5) is 23.4. The van der Waals surface area contributed by atoms with Crippen LogP contribution in [0.15, 0.2) is 30.3 Å². The Balaban J connectivity index is 0. The summed E-state index contributed by atoms with van der Waals surface area (Å²) in [5, 5.41) is 0. The minimum atomic E-state index is -0.551. The van der Waals surface area contributed by atoms with Crippen molar-refractivity contribution in [2.24, 2.45) is 0 Å². The summed E-state index contributed by atoms with van der Waals surface area (Å²) in [6.07, 6.45) is 16.8. The van der Waals surface area contributed by atoms with Gasteiger partial charge in [-0.25, -0.2) is 4.79 Å². The van der Waals surface area contributed by atoms with Crippen LogP contribution >= 0.6 is 0 Å². The van der Waals surface area contributed by atoms with Gasteiger partial charge in [-0.05, 0) is 18.6 Å². The fourth-order valence-electron chi connectivity index (χ4n) is 3.07. The molecular weight excluding hydrogens is 540 g/mol. The van der Waals surface area contributed by atoms with E-state index in [1.807, 2.05) is 6.07 Å². The van der Waals surface area contributed by atoms with Crippen molar-refractivity contribution in [1.82, 2.24) is 0 Å². The van der Waals surface area contributed by atoms with Crippen molar-refractivity contribution < 1.29 is 59.1 Å². The Bertz CT molecular complexity index is 492. The average molecular weight is 576 g/mol. The fourth-order valence-corrected chi connectivity index (χ4v) is 3.07. The molecule has 0 unspecified atom stereocenters. The number of ether oxygens (including phenoxy) is 1. The number of rotatable bonds is 15. The summed E-state index contributed by atoms with van der Waals surface area (Å²) in [7, 11) is 0. The maximum absolute atomic E-state index is 11.7. The van der Waals surface area contributed by atoms with Crippen molar-refractivity contribution in [3.05, 3.63) is 35.9 Å². The fraction of sp³-hybridized carbons (Fsp3) is 0.652. The molecule has 0 atom stereocenters. The SMILES string of the molecule is CCCCCCCCCCCCCCCC(=O)OC(=O)c1ccccc1.[Ag].[Ag]. The Morgan fingerprint density at radius 3 is 1.57 bits per heavy atom. The molecule has 1 aromatic carbocycles. The van der Waals surface area contributed by atoms with Crippen LogP contribution in [0.1, 0.15) is 107 Å². The number of hydrogen-bond acceptors (Lipinski definition) is 3. The summed E-state index contributed by atoms with van der Waals surface area (Å²) in [6.45, 7) is 2.26. The van der Waals surface area contributed by atoms with Gasteiger partial charge in [0.05, 0.1) is 5.56 Å².